The van der Waals surface area contributed by atoms with Crippen molar-refractivity contribution in [3.63, 3.8) is 0 Å². The monoisotopic (exact) mass is 197 g/mol. The van der Waals surface area contributed by atoms with Crippen LogP contribution in [0.1, 0.15) is 25.8 Å². The van der Waals surface area contributed by atoms with Gasteiger partial charge in [-0.2, -0.15) is 0 Å². The molecule has 0 heterocycles. The van der Waals surface area contributed by atoms with Crippen molar-refractivity contribution in [3.8, 4) is 5.75 Å². The fourth-order valence-corrected chi connectivity index (χ4v) is 0.711. The largest absolute Gasteiger partial charge is 0.507 e. The summed E-state index contributed by atoms with van der Waals surface area (Å²) in [5.74, 6) is -0.0424. The Kier molecular flexibility index (Phi) is 5.29. The summed E-state index contributed by atoms with van der Waals surface area (Å²) in [5.41, 5.74) is 0.545. The Balaban J connectivity index is 0.000000500. The van der Waals surface area contributed by atoms with Crippen molar-refractivity contribution < 1.29 is 10.0 Å². The van der Waals surface area contributed by atoms with Gasteiger partial charge in [-0.25, -0.2) is 0 Å². The van der Waals surface area contributed by atoms with Gasteiger partial charge in [-0.15, -0.1) is 0 Å². The Morgan fingerprint density at radius 1 is 1.43 bits per heavy atom. The molecule has 78 valence electrons. The van der Waals surface area contributed by atoms with Crippen LogP contribution in [-0.2, 0) is 0 Å². The molecule has 0 radical (unpaired) electrons. The number of nitro groups is 1. The molecule has 4 nitrogen and oxygen atoms in total. The van der Waals surface area contributed by atoms with Crippen LogP contribution in [0, 0.1) is 17.0 Å². The number of hydrogen-bond donors (Lipinski definition) is 1. The minimum atomic E-state index is -0.542. The molecule has 4 heteroatoms. The third kappa shape index (κ3) is 3.89. The SMILES string of the molecule is CCC.Cc1ccc([N+](=O)[O-])cc1O. The lowest BCUT2D eigenvalue weighted by atomic mass is 10.2. The molecule has 0 aliphatic rings. The fourth-order valence-electron chi connectivity index (χ4n) is 0.711. The molecule has 14 heavy (non-hydrogen) atoms. The lowest BCUT2D eigenvalue weighted by Crippen LogP contribution is -1.87. The summed E-state index contributed by atoms with van der Waals surface area (Å²) in [6, 6.07) is 4.00. The van der Waals surface area contributed by atoms with Gasteiger partial charge in [0, 0.05) is 6.07 Å². The molecule has 0 spiro atoms. The Labute approximate surface area is 83.3 Å². The van der Waals surface area contributed by atoms with Crippen LogP contribution in [0.3, 0.4) is 0 Å². The molecule has 0 saturated heterocycles. The molecule has 0 atom stereocenters. The van der Waals surface area contributed by atoms with Crippen LogP contribution in [0.15, 0.2) is 18.2 Å². The van der Waals surface area contributed by atoms with E-state index in [9.17, 15) is 10.1 Å². The molecule has 1 N–H and O–H groups in total. The lowest BCUT2D eigenvalue weighted by Gasteiger charge is -1.95. The van der Waals surface area contributed by atoms with Crippen molar-refractivity contribution >= 4 is 5.69 Å². The van der Waals surface area contributed by atoms with Crippen LogP contribution in [0.4, 0.5) is 5.69 Å². The number of phenolic OH excluding ortho intramolecular Hbond substituents is 1. The molecule has 0 aromatic heterocycles. The van der Waals surface area contributed by atoms with Crippen molar-refractivity contribution in [1.29, 1.82) is 0 Å². The summed E-state index contributed by atoms with van der Waals surface area (Å²) in [4.78, 5) is 9.62. The van der Waals surface area contributed by atoms with Gasteiger partial charge in [0.2, 0.25) is 0 Å². The minimum Gasteiger partial charge on any atom is -0.507 e. The second kappa shape index (κ2) is 5.96. The highest BCUT2D eigenvalue weighted by Gasteiger charge is 2.06. The Bertz CT molecular complexity index is 310. The third-order valence-corrected chi connectivity index (χ3v) is 1.40. The van der Waals surface area contributed by atoms with Crippen LogP contribution >= 0.6 is 0 Å². The number of hydrogen-bond acceptors (Lipinski definition) is 3. The normalized spacial score (nSPS) is 8.79. The van der Waals surface area contributed by atoms with Gasteiger partial charge in [0.1, 0.15) is 5.75 Å². The molecule has 1 rings (SSSR count). The maximum Gasteiger partial charge on any atom is 0.273 e. The zero-order valence-corrected chi connectivity index (χ0v) is 8.65. The molecule has 0 saturated carbocycles. The number of nitrogens with zero attached hydrogens (tertiary/aromatic N) is 1. The maximum absolute atomic E-state index is 10.2. The molecular weight excluding hydrogens is 182 g/mol. The van der Waals surface area contributed by atoms with E-state index in [0.29, 0.717) is 5.56 Å². The smallest absolute Gasteiger partial charge is 0.273 e. The molecule has 0 aliphatic heterocycles. The van der Waals surface area contributed by atoms with Gasteiger partial charge < -0.3 is 5.11 Å². The van der Waals surface area contributed by atoms with E-state index < -0.39 is 4.92 Å². The minimum absolute atomic E-state index is 0.0424. The average Bonchev–Trinajstić information content (AvgIpc) is 2.10. The van der Waals surface area contributed by atoms with E-state index in [0.717, 1.165) is 6.07 Å². The highest BCUT2D eigenvalue weighted by Crippen LogP contribution is 2.21. The number of aryl methyl sites for hydroxylation is 1. The first kappa shape index (κ1) is 12.4. The van der Waals surface area contributed by atoms with E-state index in [1.807, 2.05) is 0 Å². The maximum atomic E-state index is 10.2. The molecule has 0 bridgehead atoms. The summed E-state index contributed by atoms with van der Waals surface area (Å²) >= 11 is 0. The quantitative estimate of drug-likeness (QED) is 0.556. The van der Waals surface area contributed by atoms with E-state index in [4.69, 9.17) is 5.11 Å². The van der Waals surface area contributed by atoms with Gasteiger partial charge in [0.25, 0.3) is 5.69 Å². The van der Waals surface area contributed by atoms with Crippen LogP contribution in [0.2, 0.25) is 0 Å². The van der Waals surface area contributed by atoms with Gasteiger partial charge in [0.15, 0.2) is 0 Å². The zero-order chi connectivity index (χ0) is 11.1. The molecular formula is C10H15NO3. The molecule has 1 aromatic rings. The lowest BCUT2D eigenvalue weighted by molar-refractivity contribution is -0.384. The first-order chi connectivity index (χ1) is 6.52. The molecule has 1 aromatic carbocycles. The average molecular weight is 197 g/mol. The summed E-state index contributed by atoms with van der Waals surface area (Å²) in [6.07, 6.45) is 1.25. The summed E-state index contributed by atoms with van der Waals surface area (Å²) in [7, 11) is 0. The predicted octanol–water partition coefficient (Wildman–Crippen LogP) is 3.03. The highest BCUT2D eigenvalue weighted by atomic mass is 16.6. The van der Waals surface area contributed by atoms with Crippen molar-refractivity contribution in [2.75, 3.05) is 0 Å². The van der Waals surface area contributed by atoms with Crippen molar-refractivity contribution in [1.82, 2.24) is 0 Å². The standard InChI is InChI=1S/C7H7NO3.C3H8/c1-5-2-3-6(8(10)11)4-7(5)9;1-3-2/h2-4,9H,1H3;3H2,1-2H3. The molecule has 0 unspecified atom stereocenters. The highest BCUT2D eigenvalue weighted by molar-refractivity contribution is 5.42. The van der Waals surface area contributed by atoms with E-state index in [-0.39, 0.29) is 11.4 Å². The number of phenols is 1. The van der Waals surface area contributed by atoms with E-state index in [1.54, 1.807) is 6.92 Å². The first-order valence-electron chi connectivity index (χ1n) is 4.46. The summed E-state index contributed by atoms with van der Waals surface area (Å²) in [6.45, 7) is 5.93. The van der Waals surface area contributed by atoms with E-state index >= 15 is 0 Å². The number of benzene rings is 1. The summed E-state index contributed by atoms with van der Waals surface area (Å²) in [5, 5.41) is 19.2. The van der Waals surface area contributed by atoms with Crippen molar-refractivity contribution in [2.45, 2.75) is 27.2 Å². The van der Waals surface area contributed by atoms with Gasteiger partial charge in [-0.1, -0.05) is 20.3 Å². The Morgan fingerprint density at radius 3 is 2.29 bits per heavy atom. The molecule has 0 amide bonds. The van der Waals surface area contributed by atoms with Gasteiger partial charge in [0.05, 0.1) is 11.0 Å². The summed E-state index contributed by atoms with van der Waals surface area (Å²) < 4.78 is 0. The second-order valence-corrected chi connectivity index (χ2v) is 2.94. The Hall–Kier alpha value is -1.58. The van der Waals surface area contributed by atoms with Crippen LogP contribution in [0.25, 0.3) is 0 Å². The van der Waals surface area contributed by atoms with Crippen LogP contribution < -0.4 is 0 Å². The van der Waals surface area contributed by atoms with Crippen molar-refractivity contribution in [2.24, 2.45) is 0 Å². The predicted molar refractivity (Wildman–Crippen MR) is 55.5 cm³/mol. The Morgan fingerprint density at radius 2 is 1.93 bits per heavy atom. The van der Waals surface area contributed by atoms with E-state index in [1.165, 1.54) is 18.6 Å². The number of nitro benzene ring substituents is 1. The number of non-ortho nitro benzene ring substituents is 1. The zero-order valence-electron chi connectivity index (χ0n) is 8.65. The second-order valence-electron chi connectivity index (χ2n) is 2.94. The van der Waals surface area contributed by atoms with Crippen LogP contribution in [0.5, 0.6) is 5.75 Å². The first-order valence-corrected chi connectivity index (χ1v) is 4.46. The topological polar surface area (TPSA) is 63.4 Å². The van der Waals surface area contributed by atoms with E-state index in [2.05, 4.69) is 13.8 Å². The third-order valence-electron chi connectivity index (χ3n) is 1.40. The fraction of sp³-hybridized carbons (Fsp3) is 0.400. The van der Waals surface area contributed by atoms with Crippen molar-refractivity contribution in [3.05, 3.63) is 33.9 Å². The number of rotatable bonds is 1. The van der Waals surface area contributed by atoms with Gasteiger partial charge in [-0.05, 0) is 18.6 Å². The number of aromatic hydroxyl groups is 1. The molecule has 0 fully saturated rings. The van der Waals surface area contributed by atoms with Crippen LogP contribution in [-0.4, -0.2) is 10.0 Å². The van der Waals surface area contributed by atoms with Gasteiger partial charge >= 0.3 is 0 Å². The molecule has 0 aliphatic carbocycles. The van der Waals surface area contributed by atoms with Gasteiger partial charge in [-0.3, -0.25) is 10.1 Å².